The van der Waals surface area contributed by atoms with Gasteiger partial charge in [-0.05, 0) is 35.4 Å². The van der Waals surface area contributed by atoms with E-state index in [9.17, 15) is 19.8 Å². The number of carboxylic acid groups (broad SMARTS) is 1. The summed E-state index contributed by atoms with van der Waals surface area (Å²) in [5, 5.41) is 29.1. The minimum absolute atomic E-state index is 0.170. The summed E-state index contributed by atoms with van der Waals surface area (Å²) in [6.07, 6.45) is 2.04. The summed E-state index contributed by atoms with van der Waals surface area (Å²) < 4.78 is 0. The Bertz CT molecular complexity index is 999. The Morgan fingerprint density at radius 1 is 1.03 bits per heavy atom. The van der Waals surface area contributed by atoms with Crippen LogP contribution >= 0.6 is 0 Å². The number of carbonyl (C=O) groups excluding carboxylic acids is 1. The Kier molecular flexibility index (Phi) is 6.97. The molecule has 1 heterocycles. The summed E-state index contributed by atoms with van der Waals surface area (Å²) in [4.78, 5) is 24.7. The number of nitrogens with zero attached hydrogens (tertiary/aromatic N) is 2. The largest absolute Gasteiger partial charge is 0.481 e. The van der Waals surface area contributed by atoms with Gasteiger partial charge < -0.3 is 10.2 Å². The van der Waals surface area contributed by atoms with Crippen molar-refractivity contribution in [2.75, 3.05) is 6.61 Å². The molecule has 0 radical (unpaired) electrons. The van der Waals surface area contributed by atoms with Crippen LogP contribution in [-0.2, 0) is 11.2 Å². The van der Waals surface area contributed by atoms with Crippen LogP contribution in [0.25, 0.3) is 11.1 Å². The molecule has 2 atom stereocenters. The molecular weight excluding hydrogens is 394 g/mol. The van der Waals surface area contributed by atoms with Crippen LogP contribution in [0.5, 0.6) is 0 Å². The number of nitrogens with one attached hydrogen (secondary N) is 1. The van der Waals surface area contributed by atoms with Crippen LogP contribution < -0.4 is 0 Å². The van der Waals surface area contributed by atoms with Gasteiger partial charge in [-0.3, -0.25) is 9.59 Å². The van der Waals surface area contributed by atoms with Crippen molar-refractivity contribution >= 4 is 11.8 Å². The molecule has 7 nitrogen and oxygen atoms in total. The van der Waals surface area contributed by atoms with Crippen LogP contribution in [-0.4, -0.2) is 44.0 Å². The fourth-order valence-corrected chi connectivity index (χ4v) is 3.80. The second-order valence-electron chi connectivity index (χ2n) is 8.32. The molecule has 0 fully saturated rings. The molecule has 3 rings (SSSR count). The first-order chi connectivity index (χ1) is 14.8. The quantitative estimate of drug-likeness (QED) is 0.431. The molecule has 2 unspecified atom stereocenters. The number of hydrogen-bond donors (Lipinski definition) is 3. The molecule has 0 spiro atoms. The predicted molar refractivity (Wildman–Crippen MR) is 116 cm³/mol. The molecule has 0 saturated carbocycles. The fourth-order valence-electron chi connectivity index (χ4n) is 3.80. The van der Waals surface area contributed by atoms with E-state index in [2.05, 4.69) is 15.4 Å². The van der Waals surface area contributed by atoms with Gasteiger partial charge >= 0.3 is 5.97 Å². The average Bonchev–Trinajstić information content (AvgIpc) is 3.31. The number of ketones is 1. The summed E-state index contributed by atoms with van der Waals surface area (Å²) in [6, 6.07) is 18.1. The minimum atomic E-state index is -1.07. The molecule has 3 N–H and O–H groups in total. The van der Waals surface area contributed by atoms with Crippen molar-refractivity contribution in [2.45, 2.75) is 26.7 Å². The normalized spacial score (nSPS) is 13.5. The number of rotatable bonds is 10. The van der Waals surface area contributed by atoms with Gasteiger partial charge in [0.05, 0.1) is 18.7 Å². The maximum absolute atomic E-state index is 13.1. The highest BCUT2D eigenvalue weighted by molar-refractivity contribution is 5.98. The lowest BCUT2D eigenvalue weighted by atomic mass is 9.68. The number of aromatic amines is 1. The molecule has 0 aliphatic rings. The molecule has 3 aromatic rings. The van der Waals surface area contributed by atoms with Gasteiger partial charge in [0, 0.05) is 5.41 Å². The summed E-state index contributed by atoms with van der Waals surface area (Å²) in [5.41, 5.74) is 2.49. The molecule has 0 amide bonds. The Hall–Kier alpha value is -3.32. The molecule has 31 heavy (non-hydrogen) atoms. The van der Waals surface area contributed by atoms with Crippen molar-refractivity contribution in [2.24, 2.45) is 17.3 Å². The van der Waals surface area contributed by atoms with E-state index < -0.39 is 23.9 Å². The predicted octanol–water partition coefficient (Wildman–Crippen LogP) is 3.62. The molecule has 7 heteroatoms. The lowest BCUT2D eigenvalue weighted by molar-refractivity contribution is -0.144. The summed E-state index contributed by atoms with van der Waals surface area (Å²) in [7, 11) is 0. The number of aromatic nitrogens is 3. The van der Waals surface area contributed by atoms with E-state index in [1.54, 1.807) is 13.8 Å². The number of Topliss-reactive ketones (excluding diaryl/α,β-unsaturated/α-hetero) is 1. The molecule has 0 saturated heterocycles. The van der Waals surface area contributed by atoms with E-state index in [4.69, 9.17) is 0 Å². The molecule has 2 aromatic carbocycles. The first kappa shape index (κ1) is 22.4. The minimum Gasteiger partial charge on any atom is -0.481 e. The zero-order chi connectivity index (χ0) is 22.4. The first-order valence-electron chi connectivity index (χ1n) is 10.2. The van der Waals surface area contributed by atoms with E-state index >= 15 is 0 Å². The van der Waals surface area contributed by atoms with E-state index in [0.717, 1.165) is 16.7 Å². The standard InChI is InChI=1S/C24H27N3O4/c1-24(2,22(29)21-14-25-27-26-21)20(13-19(15-28)23(30)31)12-16-8-10-18(11-9-16)17-6-4-3-5-7-17/h3-11,14,19-20,28H,12-13,15H2,1-2H3,(H,30,31)(H,25,26,27). The van der Waals surface area contributed by atoms with E-state index in [1.807, 2.05) is 54.6 Å². The number of aliphatic hydroxyl groups excluding tert-OH is 1. The van der Waals surface area contributed by atoms with E-state index in [-0.39, 0.29) is 23.8 Å². The number of aliphatic hydroxyl groups is 1. The van der Waals surface area contributed by atoms with Gasteiger partial charge in [0.25, 0.3) is 0 Å². The fraction of sp³-hybridized carbons (Fsp3) is 0.333. The molecule has 1 aromatic heterocycles. The van der Waals surface area contributed by atoms with Crippen molar-refractivity contribution in [3.8, 4) is 11.1 Å². The number of aliphatic carboxylic acids is 1. The Balaban J connectivity index is 1.87. The van der Waals surface area contributed by atoms with Crippen molar-refractivity contribution < 1.29 is 19.8 Å². The van der Waals surface area contributed by atoms with Crippen molar-refractivity contribution in [3.05, 3.63) is 72.1 Å². The number of H-pyrrole nitrogens is 1. The van der Waals surface area contributed by atoms with E-state index in [0.29, 0.717) is 6.42 Å². The number of benzene rings is 2. The van der Waals surface area contributed by atoms with E-state index in [1.165, 1.54) is 6.20 Å². The third-order valence-corrected chi connectivity index (χ3v) is 5.94. The van der Waals surface area contributed by atoms with Crippen molar-refractivity contribution in [1.82, 2.24) is 15.4 Å². The highest BCUT2D eigenvalue weighted by atomic mass is 16.4. The summed E-state index contributed by atoms with van der Waals surface area (Å²) in [6.45, 7) is 3.11. The SMILES string of the molecule is CC(C)(C(=O)c1cn[nH]n1)C(Cc1ccc(-c2ccccc2)cc1)CC(CO)C(=O)O. The first-order valence-corrected chi connectivity index (χ1v) is 10.2. The highest BCUT2D eigenvalue weighted by Crippen LogP contribution is 2.37. The maximum atomic E-state index is 13.1. The lowest BCUT2D eigenvalue weighted by Gasteiger charge is -2.34. The van der Waals surface area contributed by atoms with Gasteiger partial charge in [-0.1, -0.05) is 68.4 Å². The maximum Gasteiger partial charge on any atom is 0.308 e. The second-order valence-corrected chi connectivity index (χ2v) is 8.32. The van der Waals surface area contributed by atoms with Gasteiger partial charge in [-0.25, -0.2) is 0 Å². The number of carboxylic acids is 1. The van der Waals surface area contributed by atoms with Crippen molar-refractivity contribution in [1.29, 1.82) is 0 Å². The third-order valence-electron chi connectivity index (χ3n) is 5.94. The second kappa shape index (κ2) is 9.66. The van der Waals surface area contributed by atoms with Crippen LogP contribution in [0.1, 0.15) is 36.3 Å². The molecule has 0 aliphatic carbocycles. The monoisotopic (exact) mass is 421 g/mol. The zero-order valence-electron chi connectivity index (χ0n) is 17.7. The molecular formula is C24H27N3O4. The van der Waals surface area contributed by atoms with Gasteiger partial charge in [-0.15, -0.1) is 0 Å². The third kappa shape index (κ3) is 5.24. The van der Waals surface area contributed by atoms with Crippen LogP contribution in [0, 0.1) is 17.3 Å². The Morgan fingerprint density at radius 2 is 1.68 bits per heavy atom. The van der Waals surface area contributed by atoms with Gasteiger partial charge in [0.15, 0.2) is 5.78 Å². The van der Waals surface area contributed by atoms with Crippen molar-refractivity contribution in [3.63, 3.8) is 0 Å². The smallest absolute Gasteiger partial charge is 0.308 e. The molecule has 162 valence electrons. The number of hydrogen-bond acceptors (Lipinski definition) is 5. The van der Waals surface area contributed by atoms with Crippen LogP contribution in [0.4, 0.5) is 0 Å². The highest BCUT2D eigenvalue weighted by Gasteiger charge is 2.40. The molecule has 0 aliphatic heterocycles. The summed E-state index contributed by atoms with van der Waals surface area (Å²) in [5.74, 6) is -2.56. The number of carbonyl (C=O) groups is 2. The Morgan fingerprint density at radius 3 is 2.23 bits per heavy atom. The van der Waals surface area contributed by atoms with Gasteiger partial charge in [-0.2, -0.15) is 15.4 Å². The molecule has 0 bridgehead atoms. The van der Waals surface area contributed by atoms with Crippen LogP contribution in [0.15, 0.2) is 60.8 Å². The van der Waals surface area contributed by atoms with Gasteiger partial charge in [0.1, 0.15) is 5.69 Å². The van der Waals surface area contributed by atoms with Gasteiger partial charge in [0.2, 0.25) is 0 Å². The van der Waals surface area contributed by atoms with Crippen LogP contribution in [0.2, 0.25) is 0 Å². The zero-order valence-corrected chi connectivity index (χ0v) is 17.7. The van der Waals surface area contributed by atoms with Crippen LogP contribution in [0.3, 0.4) is 0 Å². The topological polar surface area (TPSA) is 116 Å². The average molecular weight is 421 g/mol. The lowest BCUT2D eigenvalue weighted by Crippen LogP contribution is -2.37. The summed E-state index contributed by atoms with van der Waals surface area (Å²) >= 11 is 0. The Labute approximate surface area is 181 Å².